The largest absolute Gasteiger partial charge is 0.493 e. The van der Waals surface area contributed by atoms with Crippen LogP contribution in [-0.4, -0.2) is 76.8 Å². The molecule has 0 unspecified atom stereocenters. The van der Waals surface area contributed by atoms with Gasteiger partial charge in [-0.25, -0.2) is 4.79 Å². The van der Waals surface area contributed by atoms with Crippen LogP contribution in [0.4, 0.5) is 0 Å². The van der Waals surface area contributed by atoms with Crippen LogP contribution in [0.1, 0.15) is 59.7 Å². The molecule has 248 valence electrons. The first-order valence-corrected chi connectivity index (χ1v) is 17.0. The van der Waals surface area contributed by atoms with Crippen molar-refractivity contribution in [2.24, 2.45) is 0 Å². The second-order valence-electron chi connectivity index (χ2n) is 12.2. The number of aliphatic hydroxyl groups excluding tert-OH is 1. The molecule has 0 aliphatic carbocycles. The van der Waals surface area contributed by atoms with E-state index in [1.54, 1.807) is 0 Å². The van der Waals surface area contributed by atoms with Crippen LogP contribution in [0.25, 0.3) is 32.8 Å². The molecule has 0 radical (unpaired) electrons. The quantitative estimate of drug-likeness (QED) is 0.106. The molecule has 0 saturated carbocycles. The van der Waals surface area contributed by atoms with E-state index in [2.05, 4.69) is 58.7 Å². The van der Waals surface area contributed by atoms with Crippen molar-refractivity contribution < 1.29 is 24.1 Å². The Kier molecular flexibility index (Phi) is 10.6. The number of esters is 1. The Labute approximate surface area is 276 Å². The van der Waals surface area contributed by atoms with Crippen LogP contribution in [0.3, 0.4) is 0 Å². The third-order valence-electron chi connectivity index (χ3n) is 9.10. The zero-order chi connectivity index (χ0) is 32.8. The number of H-pyrrole nitrogens is 1. The van der Waals surface area contributed by atoms with E-state index >= 15 is 0 Å². The van der Waals surface area contributed by atoms with Gasteiger partial charge in [-0.2, -0.15) is 5.10 Å². The van der Waals surface area contributed by atoms with E-state index in [0.29, 0.717) is 30.8 Å². The van der Waals surface area contributed by atoms with E-state index in [1.165, 1.54) is 0 Å². The number of morpholine rings is 1. The second kappa shape index (κ2) is 15.2. The van der Waals surface area contributed by atoms with Crippen molar-refractivity contribution >= 4 is 27.6 Å². The van der Waals surface area contributed by atoms with Gasteiger partial charge in [0.25, 0.3) is 0 Å². The fourth-order valence-corrected chi connectivity index (χ4v) is 6.82. The minimum Gasteiger partial charge on any atom is -0.493 e. The topological polar surface area (TPSA) is 102 Å². The molecule has 1 fully saturated rings. The molecule has 0 spiro atoms. The van der Waals surface area contributed by atoms with Crippen molar-refractivity contribution in [3.63, 3.8) is 0 Å². The fraction of sp³-hybridized carbons (Fsp3) is 0.421. The third-order valence-corrected chi connectivity index (χ3v) is 9.10. The zero-order valence-electron chi connectivity index (χ0n) is 27.8. The number of rotatable bonds is 14. The average molecular weight is 639 g/mol. The van der Waals surface area contributed by atoms with E-state index < -0.39 is 0 Å². The molecule has 5 aromatic rings. The number of nitrogens with one attached hydrogen (secondary N) is 1. The summed E-state index contributed by atoms with van der Waals surface area (Å²) in [6.07, 6.45) is 3.12. The molecular weight excluding hydrogens is 592 g/mol. The smallest absolute Gasteiger partial charge is 0.355 e. The highest BCUT2D eigenvalue weighted by atomic mass is 16.5. The van der Waals surface area contributed by atoms with Gasteiger partial charge in [0.05, 0.1) is 50.8 Å². The number of benzene rings is 3. The normalized spacial score (nSPS) is 13.9. The minimum absolute atomic E-state index is 0.170. The summed E-state index contributed by atoms with van der Waals surface area (Å²) in [7, 11) is 0. The molecule has 47 heavy (non-hydrogen) atoms. The van der Waals surface area contributed by atoms with Crippen LogP contribution in [0.2, 0.25) is 0 Å². The predicted molar refractivity (Wildman–Crippen MR) is 185 cm³/mol. The van der Waals surface area contributed by atoms with Gasteiger partial charge in [-0.05, 0) is 55.7 Å². The summed E-state index contributed by atoms with van der Waals surface area (Å²) in [6.45, 7) is 11.6. The zero-order valence-corrected chi connectivity index (χ0v) is 27.8. The Morgan fingerprint density at radius 2 is 1.79 bits per heavy atom. The maximum absolute atomic E-state index is 13.3. The minimum atomic E-state index is -0.366. The molecule has 1 aliphatic rings. The van der Waals surface area contributed by atoms with Crippen LogP contribution in [-0.2, 0) is 35.5 Å². The summed E-state index contributed by atoms with van der Waals surface area (Å²) >= 11 is 0. The number of hydrogen-bond acceptors (Lipinski definition) is 7. The van der Waals surface area contributed by atoms with Crippen LogP contribution < -0.4 is 4.74 Å². The molecule has 0 bridgehead atoms. The van der Waals surface area contributed by atoms with Gasteiger partial charge < -0.3 is 24.3 Å². The number of nitrogens with zero attached hydrogens (tertiary/aromatic N) is 3. The number of aryl methyl sites for hydroxylation is 2. The summed E-state index contributed by atoms with van der Waals surface area (Å²) in [4.78, 5) is 19.2. The number of fused-ring (bicyclic) bond motifs is 2. The number of hydrogen-bond donors (Lipinski definition) is 2. The average Bonchev–Trinajstić information content (AvgIpc) is 3.64. The highest BCUT2D eigenvalue weighted by Gasteiger charge is 2.26. The Bertz CT molecular complexity index is 1830. The second-order valence-corrected chi connectivity index (χ2v) is 12.2. The molecule has 1 aliphatic heterocycles. The van der Waals surface area contributed by atoms with Gasteiger partial charge in [0, 0.05) is 47.2 Å². The number of aromatic amines is 1. The monoisotopic (exact) mass is 638 g/mol. The van der Waals surface area contributed by atoms with Crippen LogP contribution in [0.5, 0.6) is 5.75 Å². The molecule has 9 heteroatoms. The van der Waals surface area contributed by atoms with Crippen LogP contribution in [0.15, 0.2) is 54.6 Å². The van der Waals surface area contributed by atoms with Crippen molar-refractivity contribution in [3.8, 4) is 16.9 Å². The highest BCUT2D eigenvalue weighted by molar-refractivity contribution is 6.05. The van der Waals surface area contributed by atoms with Gasteiger partial charge in [-0.1, -0.05) is 61.9 Å². The van der Waals surface area contributed by atoms with E-state index in [0.717, 1.165) is 108 Å². The van der Waals surface area contributed by atoms with Gasteiger partial charge >= 0.3 is 5.97 Å². The summed E-state index contributed by atoms with van der Waals surface area (Å²) in [6, 6.07) is 18.5. The highest BCUT2D eigenvalue weighted by Crippen LogP contribution is 2.39. The predicted octanol–water partition coefficient (Wildman–Crippen LogP) is 6.46. The van der Waals surface area contributed by atoms with Crippen molar-refractivity contribution in [1.82, 2.24) is 19.7 Å². The van der Waals surface area contributed by atoms with Gasteiger partial charge in [0.1, 0.15) is 11.4 Å². The SMILES string of the molecule is CCCc1c(-c2c(C)ccc3c(CCCOc4cccc5ccccc45)c(C(=O)OCC)[nH]c23)c(CO)nn1CCN1CCOCC1. The van der Waals surface area contributed by atoms with Crippen molar-refractivity contribution in [3.05, 3.63) is 82.8 Å². The molecule has 0 atom stereocenters. The molecule has 2 aromatic heterocycles. The maximum atomic E-state index is 13.3. The van der Waals surface area contributed by atoms with Crippen molar-refractivity contribution in [2.45, 2.75) is 59.6 Å². The molecule has 3 aromatic carbocycles. The lowest BCUT2D eigenvalue weighted by Crippen LogP contribution is -2.38. The van der Waals surface area contributed by atoms with E-state index in [9.17, 15) is 9.90 Å². The Balaban J connectivity index is 1.35. The van der Waals surface area contributed by atoms with Gasteiger partial charge in [0.2, 0.25) is 0 Å². The molecule has 2 N–H and O–H groups in total. The number of carbonyl (C=O) groups is 1. The fourth-order valence-electron chi connectivity index (χ4n) is 6.82. The maximum Gasteiger partial charge on any atom is 0.355 e. The Hall–Kier alpha value is -4.18. The lowest BCUT2D eigenvalue weighted by atomic mass is 9.93. The van der Waals surface area contributed by atoms with Crippen LogP contribution in [0, 0.1) is 6.92 Å². The number of carbonyl (C=O) groups excluding carboxylic acids is 1. The Morgan fingerprint density at radius 3 is 2.57 bits per heavy atom. The first-order chi connectivity index (χ1) is 23.0. The van der Waals surface area contributed by atoms with E-state index in [1.807, 2.05) is 31.2 Å². The lowest BCUT2D eigenvalue weighted by Gasteiger charge is -2.26. The van der Waals surface area contributed by atoms with Gasteiger partial charge in [-0.3, -0.25) is 9.58 Å². The first kappa shape index (κ1) is 32.7. The first-order valence-electron chi connectivity index (χ1n) is 17.0. The molecule has 1 saturated heterocycles. The molecule has 3 heterocycles. The molecule has 9 nitrogen and oxygen atoms in total. The van der Waals surface area contributed by atoms with Gasteiger partial charge in [-0.15, -0.1) is 0 Å². The lowest BCUT2D eigenvalue weighted by molar-refractivity contribution is 0.0358. The van der Waals surface area contributed by atoms with Gasteiger partial charge in [0.15, 0.2) is 0 Å². The van der Waals surface area contributed by atoms with Crippen LogP contribution >= 0.6 is 0 Å². The van der Waals surface area contributed by atoms with Crippen molar-refractivity contribution in [1.29, 1.82) is 0 Å². The summed E-state index contributed by atoms with van der Waals surface area (Å²) < 4.78 is 19.4. The van der Waals surface area contributed by atoms with E-state index in [4.69, 9.17) is 19.3 Å². The molecular formula is C38H46N4O5. The third kappa shape index (κ3) is 6.93. The van der Waals surface area contributed by atoms with E-state index in [-0.39, 0.29) is 19.2 Å². The molecule has 0 amide bonds. The number of aliphatic hydroxyl groups is 1. The number of ether oxygens (including phenoxy) is 3. The standard InChI is InChI=1S/C38H46N4O5/c1-4-10-32-35(31(25-43)40-42(32)19-18-41-20-23-45-24-21-41)34-26(3)16-17-30-29(37(39-36(30)34)38(44)46-5-2)14-9-22-47-33-15-8-12-27-11-6-7-13-28(27)33/h6-8,11-13,15-17,39,43H,4-5,9-10,14,18-25H2,1-3H3. The number of aromatic nitrogens is 3. The Morgan fingerprint density at radius 1 is 0.979 bits per heavy atom. The molecule has 6 rings (SSSR count). The van der Waals surface area contributed by atoms with Crippen molar-refractivity contribution in [2.75, 3.05) is 46.1 Å². The summed E-state index contributed by atoms with van der Waals surface area (Å²) in [5.41, 5.74) is 7.03. The summed E-state index contributed by atoms with van der Waals surface area (Å²) in [5, 5.41) is 18.7. The summed E-state index contributed by atoms with van der Waals surface area (Å²) in [5.74, 6) is 0.491.